The molecule has 1 aromatic carbocycles. The summed E-state index contributed by atoms with van der Waals surface area (Å²) in [5.41, 5.74) is 7.98. The molecule has 0 aliphatic heterocycles. The van der Waals surface area contributed by atoms with Crippen LogP contribution in [0.15, 0.2) is 29.3 Å². The van der Waals surface area contributed by atoms with E-state index in [1.807, 2.05) is 25.1 Å². The number of hydrogen-bond donors (Lipinski definition) is 2. The number of sulfonamides is 1. The Labute approximate surface area is 156 Å². The summed E-state index contributed by atoms with van der Waals surface area (Å²) in [7, 11) is -3.13. The zero-order valence-corrected chi connectivity index (χ0v) is 17.1. The predicted molar refractivity (Wildman–Crippen MR) is 108 cm³/mol. The summed E-state index contributed by atoms with van der Waals surface area (Å²) in [5, 5.41) is 3.04. The highest BCUT2D eigenvalue weighted by atomic mass is 127. The molecule has 0 radical (unpaired) electrons. The van der Waals surface area contributed by atoms with Crippen LogP contribution < -0.4 is 11.1 Å². The van der Waals surface area contributed by atoms with E-state index >= 15 is 0 Å². The zero-order valence-electron chi connectivity index (χ0n) is 13.9. The standard InChI is InChI=1S/C15H26N4O2S.HI/c1-4-13-8-6-9-14(12-13)18-15(16)17-10-7-11-19(5-2)22(3,20)21;/h6,8-9,12H,4-5,7,10-11H2,1-3H3,(H3,16,17,18);1H. The summed E-state index contributed by atoms with van der Waals surface area (Å²) >= 11 is 0. The van der Waals surface area contributed by atoms with Gasteiger partial charge in [0.2, 0.25) is 10.0 Å². The first kappa shape index (κ1) is 22.1. The highest BCUT2D eigenvalue weighted by Gasteiger charge is 2.12. The number of hydrogen-bond acceptors (Lipinski definition) is 3. The molecule has 0 aromatic heterocycles. The van der Waals surface area contributed by atoms with Gasteiger partial charge in [-0.15, -0.1) is 24.0 Å². The van der Waals surface area contributed by atoms with E-state index in [9.17, 15) is 8.42 Å². The molecule has 1 aromatic rings. The van der Waals surface area contributed by atoms with Crippen LogP contribution in [-0.4, -0.2) is 44.6 Å². The third kappa shape index (κ3) is 8.52. The van der Waals surface area contributed by atoms with Crippen molar-refractivity contribution in [1.82, 2.24) is 4.31 Å². The molecule has 6 nitrogen and oxygen atoms in total. The van der Waals surface area contributed by atoms with Gasteiger partial charge < -0.3 is 11.1 Å². The fraction of sp³-hybridized carbons (Fsp3) is 0.533. The number of aryl methyl sites for hydroxylation is 1. The van der Waals surface area contributed by atoms with Crippen molar-refractivity contribution >= 4 is 45.6 Å². The van der Waals surface area contributed by atoms with Crippen LogP contribution in [0.25, 0.3) is 0 Å². The summed E-state index contributed by atoms with van der Waals surface area (Å²) in [5.74, 6) is 0.343. The smallest absolute Gasteiger partial charge is 0.211 e. The molecule has 132 valence electrons. The van der Waals surface area contributed by atoms with Crippen LogP contribution in [0.1, 0.15) is 25.8 Å². The lowest BCUT2D eigenvalue weighted by molar-refractivity contribution is 0.427. The Morgan fingerprint density at radius 1 is 1.35 bits per heavy atom. The van der Waals surface area contributed by atoms with Crippen molar-refractivity contribution in [1.29, 1.82) is 0 Å². The Hall–Kier alpha value is -0.870. The Bertz CT molecular complexity index is 605. The Kier molecular flexibility index (Phi) is 10.4. The molecule has 0 fully saturated rings. The molecular formula is C15H27IN4O2S. The minimum absolute atomic E-state index is 0. The number of nitrogens with two attached hydrogens (primary N) is 1. The van der Waals surface area contributed by atoms with Crippen molar-refractivity contribution in [3.63, 3.8) is 0 Å². The average Bonchev–Trinajstić information content (AvgIpc) is 2.46. The number of guanidine groups is 1. The van der Waals surface area contributed by atoms with E-state index in [0.717, 1.165) is 12.1 Å². The SMILES string of the molecule is CCc1cccc(NC(N)=NCCCN(CC)S(C)(=O)=O)c1.I. The Morgan fingerprint density at radius 3 is 2.61 bits per heavy atom. The van der Waals surface area contributed by atoms with Crippen LogP contribution >= 0.6 is 24.0 Å². The number of halogens is 1. The molecule has 0 saturated heterocycles. The lowest BCUT2D eigenvalue weighted by Crippen LogP contribution is -2.31. The molecule has 0 heterocycles. The number of aliphatic imine (C=N–C) groups is 1. The molecule has 0 unspecified atom stereocenters. The van der Waals surface area contributed by atoms with Crippen LogP contribution in [0.5, 0.6) is 0 Å². The zero-order chi connectivity index (χ0) is 16.6. The van der Waals surface area contributed by atoms with Crippen LogP contribution in [0.4, 0.5) is 5.69 Å². The molecule has 3 N–H and O–H groups in total. The number of anilines is 1. The summed E-state index contributed by atoms with van der Waals surface area (Å²) in [6.07, 6.45) is 2.82. The van der Waals surface area contributed by atoms with Gasteiger partial charge in [0.15, 0.2) is 5.96 Å². The van der Waals surface area contributed by atoms with Gasteiger partial charge >= 0.3 is 0 Å². The maximum Gasteiger partial charge on any atom is 0.211 e. The minimum atomic E-state index is -3.13. The first-order valence-electron chi connectivity index (χ1n) is 7.47. The molecule has 1 rings (SSSR count). The van der Waals surface area contributed by atoms with Crippen molar-refractivity contribution in [2.45, 2.75) is 26.7 Å². The van der Waals surface area contributed by atoms with E-state index in [1.54, 1.807) is 0 Å². The third-order valence-corrected chi connectivity index (χ3v) is 4.66. The number of nitrogens with one attached hydrogen (secondary N) is 1. The molecular weight excluding hydrogens is 427 g/mol. The summed E-state index contributed by atoms with van der Waals surface area (Å²) < 4.78 is 24.3. The van der Waals surface area contributed by atoms with Gasteiger partial charge in [-0.3, -0.25) is 4.99 Å². The topological polar surface area (TPSA) is 87.8 Å². The van der Waals surface area contributed by atoms with Gasteiger partial charge in [0.05, 0.1) is 6.26 Å². The van der Waals surface area contributed by atoms with Gasteiger partial charge in [-0.05, 0) is 30.5 Å². The maximum absolute atomic E-state index is 11.4. The predicted octanol–water partition coefficient (Wildman–Crippen LogP) is 2.27. The number of rotatable bonds is 8. The quantitative estimate of drug-likeness (QED) is 0.273. The molecule has 0 atom stereocenters. The van der Waals surface area contributed by atoms with Crippen LogP contribution in [0, 0.1) is 0 Å². The van der Waals surface area contributed by atoms with Crippen molar-refractivity contribution in [2.75, 3.05) is 31.2 Å². The van der Waals surface area contributed by atoms with E-state index in [1.165, 1.54) is 16.1 Å². The molecule has 0 aliphatic rings. The van der Waals surface area contributed by atoms with E-state index in [0.29, 0.717) is 32.0 Å². The number of nitrogens with zero attached hydrogens (tertiary/aromatic N) is 2. The lowest BCUT2D eigenvalue weighted by Gasteiger charge is -2.16. The molecule has 23 heavy (non-hydrogen) atoms. The second kappa shape index (κ2) is 10.8. The molecule has 0 spiro atoms. The molecule has 0 aliphatic carbocycles. The molecule has 0 amide bonds. The number of benzene rings is 1. The minimum Gasteiger partial charge on any atom is -0.370 e. The third-order valence-electron chi connectivity index (χ3n) is 3.28. The van der Waals surface area contributed by atoms with Crippen LogP contribution in [-0.2, 0) is 16.4 Å². The van der Waals surface area contributed by atoms with Crippen molar-refractivity contribution in [3.8, 4) is 0 Å². The Morgan fingerprint density at radius 2 is 2.04 bits per heavy atom. The monoisotopic (exact) mass is 454 g/mol. The molecule has 8 heteroatoms. The highest BCUT2D eigenvalue weighted by Crippen LogP contribution is 2.10. The Balaban J connectivity index is 0.00000484. The summed E-state index contributed by atoms with van der Waals surface area (Å²) in [6.45, 7) is 5.33. The maximum atomic E-state index is 11.4. The average molecular weight is 454 g/mol. The molecule has 0 bridgehead atoms. The van der Waals surface area contributed by atoms with Crippen molar-refractivity contribution < 1.29 is 8.42 Å². The van der Waals surface area contributed by atoms with Crippen molar-refractivity contribution in [3.05, 3.63) is 29.8 Å². The largest absolute Gasteiger partial charge is 0.370 e. The van der Waals surface area contributed by atoms with Gasteiger partial charge in [0.1, 0.15) is 0 Å². The molecule has 0 saturated carbocycles. The first-order valence-corrected chi connectivity index (χ1v) is 9.32. The second-order valence-corrected chi connectivity index (χ2v) is 7.04. The summed E-state index contributed by atoms with van der Waals surface area (Å²) in [6, 6.07) is 8.00. The van der Waals surface area contributed by atoms with E-state index in [2.05, 4.69) is 23.3 Å². The normalized spacial score (nSPS) is 12.1. The van der Waals surface area contributed by atoms with Crippen LogP contribution in [0.3, 0.4) is 0 Å². The van der Waals surface area contributed by atoms with Crippen LogP contribution in [0.2, 0.25) is 0 Å². The fourth-order valence-electron chi connectivity index (χ4n) is 2.06. The highest BCUT2D eigenvalue weighted by molar-refractivity contribution is 14.0. The first-order chi connectivity index (χ1) is 10.4. The second-order valence-electron chi connectivity index (χ2n) is 5.05. The van der Waals surface area contributed by atoms with E-state index < -0.39 is 10.0 Å². The summed E-state index contributed by atoms with van der Waals surface area (Å²) in [4.78, 5) is 4.23. The van der Waals surface area contributed by atoms with E-state index in [4.69, 9.17) is 5.73 Å². The van der Waals surface area contributed by atoms with Gasteiger partial charge in [-0.1, -0.05) is 26.0 Å². The lowest BCUT2D eigenvalue weighted by atomic mass is 10.1. The van der Waals surface area contributed by atoms with Gasteiger partial charge in [0.25, 0.3) is 0 Å². The van der Waals surface area contributed by atoms with Gasteiger partial charge in [-0.25, -0.2) is 12.7 Å². The van der Waals surface area contributed by atoms with E-state index in [-0.39, 0.29) is 24.0 Å². The van der Waals surface area contributed by atoms with Crippen molar-refractivity contribution in [2.24, 2.45) is 10.7 Å². The van der Waals surface area contributed by atoms with Gasteiger partial charge in [-0.2, -0.15) is 0 Å². The fourth-order valence-corrected chi connectivity index (χ4v) is 2.99. The van der Waals surface area contributed by atoms with Gasteiger partial charge in [0, 0.05) is 25.3 Å².